The third kappa shape index (κ3) is 6.53. The number of morpholine rings is 2. The van der Waals surface area contributed by atoms with Crippen LogP contribution in [0.5, 0.6) is 11.8 Å². The van der Waals surface area contributed by atoms with E-state index in [9.17, 15) is 10.1 Å². The van der Waals surface area contributed by atoms with Crippen LogP contribution in [-0.4, -0.2) is 98.6 Å². The number of H-pyrrole nitrogens is 1. The Bertz CT molecular complexity index is 2310. The van der Waals surface area contributed by atoms with Crippen molar-refractivity contribution >= 4 is 40.0 Å². The van der Waals surface area contributed by atoms with Crippen LogP contribution in [0.25, 0.3) is 33.8 Å². The molecule has 4 fully saturated rings. The number of nitro benzene ring substituents is 1. The molecular weight excluding hydrogens is 718 g/mol. The van der Waals surface area contributed by atoms with E-state index in [4.69, 9.17) is 45.4 Å². The number of imidazole rings is 1. The largest absolute Gasteiger partial charge is 0.477 e. The Morgan fingerprint density at radius 2 is 1.21 bits per heavy atom. The minimum atomic E-state index is -0.492. The van der Waals surface area contributed by atoms with Gasteiger partial charge in [0.2, 0.25) is 11.8 Å². The van der Waals surface area contributed by atoms with E-state index >= 15 is 0 Å². The SMILES string of the molecule is Nc1ccc(-c2nc3c(c(N4CC5CCC(C4)O5)n2)CCCO3)cc1[N+](=O)[O-].Nc1nc2ccc(-c3nc4c(c(N5CC6CCC(C5)O6)n3)CCCO4)cc2[nH]1. The summed E-state index contributed by atoms with van der Waals surface area (Å²) in [4.78, 5) is 41.9. The lowest BCUT2D eigenvalue weighted by Gasteiger charge is -2.35. The first-order valence-electron chi connectivity index (χ1n) is 19.5. The van der Waals surface area contributed by atoms with Gasteiger partial charge in [-0.25, -0.2) is 15.0 Å². The molecule has 5 N–H and O–H groups in total. The van der Waals surface area contributed by atoms with Crippen LogP contribution in [0, 0.1) is 10.1 Å². The maximum absolute atomic E-state index is 11.3. The van der Waals surface area contributed by atoms with Gasteiger partial charge in [-0.2, -0.15) is 9.97 Å². The topological polar surface area (TPSA) is 219 Å². The molecule has 4 atom stereocenters. The van der Waals surface area contributed by atoms with Crippen LogP contribution in [0.4, 0.5) is 29.0 Å². The average Bonchev–Trinajstić information content (AvgIpc) is 3.89. The van der Waals surface area contributed by atoms with Crippen molar-refractivity contribution in [3.8, 4) is 34.5 Å². The van der Waals surface area contributed by atoms with E-state index in [1.54, 1.807) is 6.07 Å². The van der Waals surface area contributed by atoms with Crippen LogP contribution in [-0.2, 0) is 22.3 Å². The van der Waals surface area contributed by atoms with Crippen molar-refractivity contribution in [1.29, 1.82) is 0 Å². The lowest BCUT2D eigenvalue weighted by atomic mass is 10.1. The number of nitro groups is 1. The summed E-state index contributed by atoms with van der Waals surface area (Å²) in [6.07, 6.45) is 9.22. The Labute approximate surface area is 321 Å². The standard InChI is InChI=1S/C20H22N6O2.C19H21N5O4/c21-20-22-15-6-3-11(8-16(15)23-20)17-24-18(14-2-1-7-27-19(14)25-17)26-9-12-4-5-13(10-26)28-12;20-15-6-3-11(8-16(15)24(25)26)17-21-18(14-2-1-7-27-19(14)22-17)23-9-12-4-5-13(10-23)28-12/h3,6,8,12-13H,1-2,4-5,7,9-10H2,(H3,21,22,23);3,6,8,12-13H,1-2,4-5,7,9-10,20H2. The van der Waals surface area contributed by atoms with Crippen molar-refractivity contribution in [2.24, 2.45) is 0 Å². The van der Waals surface area contributed by atoms with Gasteiger partial charge in [0.05, 0.1) is 64.7 Å². The van der Waals surface area contributed by atoms with Gasteiger partial charge in [-0.1, -0.05) is 0 Å². The highest BCUT2D eigenvalue weighted by Crippen LogP contribution is 2.39. The van der Waals surface area contributed by atoms with Gasteiger partial charge in [0.15, 0.2) is 17.6 Å². The van der Waals surface area contributed by atoms with Crippen LogP contribution in [0.2, 0.25) is 0 Å². The molecule has 4 bridgehead atoms. The van der Waals surface area contributed by atoms with Gasteiger partial charge in [-0.15, -0.1) is 0 Å². The summed E-state index contributed by atoms with van der Waals surface area (Å²) in [5.41, 5.74) is 16.8. The second-order valence-electron chi connectivity index (χ2n) is 15.3. The van der Waals surface area contributed by atoms with Crippen molar-refractivity contribution in [3.63, 3.8) is 0 Å². The van der Waals surface area contributed by atoms with E-state index in [0.29, 0.717) is 60.3 Å². The fourth-order valence-corrected chi connectivity index (χ4v) is 8.78. The van der Waals surface area contributed by atoms with E-state index in [2.05, 4.69) is 24.8 Å². The summed E-state index contributed by atoms with van der Waals surface area (Å²) in [5, 5.41) is 11.3. The molecule has 6 aliphatic heterocycles. The van der Waals surface area contributed by atoms with Gasteiger partial charge in [0.25, 0.3) is 5.69 Å². The summed E-state index contributed by atoms with van der Waals surface area (Å²) in [7, 11) is 0. The molecule has 11 rings (SSSR count). The zero-order valence-electron chi connectivity index (χ0n) is 30.9. The maximum Gasteiger partial charge on any atom is 0.292 e. The lowest BCUT2D eigenvalue weighted by Crippen LogP contribution is -2.43. The predicted molar refractivity (Wildman–Crippen MR) is 208 cm³/mol. The molecule has 56 heavy (non-hydrogen) atoms. The minimum absolute atomic E-state index is 0.118. The van der Waals surface area contributed by atoms with Crippen LogP contribution in [0.1, 0.15) is 49.7 Å². The molecule has 3 aromatic heterocycles. The Hall–Kier alpha value is -5.81. The summed E-state index contributed by atoms with van der Waals surface area (Å²) >= 11 is 0. The molecule has 0 radical (unpaired) electrons. The van der Waals surface area contributed by atoms with Crippen molar-refractivity contribution in [2.45, 2.75) is 75.8 Å². The monoisotopic (exact) mass is 761 g/mol. The van der Waals surface area contributed by atoms with Gasteiger partial charge >= 0.3 is 0 Å². The van der Waals surface area contributed by atoms with Crippen LogP contribution in [0.15, 0.2) is 36.4 Å². The number of nitrogens with zero attached hydrogens (tertiary/aromatic N) is 8. The quantitative estimate of drug-likeness (QED) is 0.126. The molecule has 17 nitrogen and oxygen atoms in total. The van der Waals surface area contributed by atoms with Gasteiger partial charge < -0.3 is 45.2 Å². The van der Waals surface area contributed by atoms with E-state index < -0.39 is 4.92 Å². The first-order chi connectivity index (χ1) is 27.3. The Balaban J connectivity index is 0.000000137. The molecule has 17 heteroatoms. The highest BCUT2D eigenvalue weighted by atomic mass is 16.6. The second kappa shape index (κ2) is 14.0. The number of fused-ring (bicyclic) bond motifs is 7. The Morgan fingerprint density at radius 1 is 0.696 bits per heavy atom. The van der Waals surface area contributed by atoms with Crippen molar-refractivity contribution < 1.29 is 23.9 Å². The molecule has 4 unspecified atom stereocenters. The molecule has 0 amide bonds. The van der Waals surface area contributed by atoms with Crippen molar-refractivity contribution in [3.05, 3.63) is 57.6 Å². The van der Waals surface area contributed by atoms with Gasteiger partial charge in [-0.3, -0.25) is 10.1 Å². The Kier molecular flexibility index (Phi) is 8.69. The number of hydrogen-bond acceptors (Lipinski definition) is 15. The number of nitrogens with one attached hydrogen (secondary N) is 1. The number of benzene rings is 2. The number of rotatable bonds is 5. The van der Waals surface area contributed by atoms with Gasteiger partial charge in [0.1, 0.15) is 17.3 Å². The molecule has 0 aliphatic carbocycles. The summed E-state index contributed by atoms with van der Waals surface area (Å²) in [6.45, 7) is 4.67. The van der Waals surface area contributed by atoms with E-state index in [0.717, 1.165) is 117 Å². The predicted octanol–water partition coefficient (Wildman–Crippen LogP) is 4.62. The highest BCUT2D eigenvalue weighted by molar-refractivity contribution is 5.82. The summed E-state index contributed by atoms with van der Waals surface area (Å²) in [6, 6.07) is 10.6. The van der Waals surface area contributed by atoms with Crippen LogP contribution >= 0.6 is 0 Å². The molecule has 6 aliphatic rings. The van der Waals surface area contributed by atoms with Crippen molar-refractivity contribution in [1.82, 2.24) is 29.9 Å². The number of nitrogens with two attached hydrogens (primary N) is 2. The minimum Gasteiger partial charge on any atom is -0.477 e. The zero-order valence-corrected chi connectivity index (χ0v) is 30.9. The third-order valence-electron chi connectivity index (χ3n) is 11.4. The Morgan fingerprint density at radius 3 is 1.75 bits per heavy atom. The summed E-state index contributed by atoms with van der Waals surface area (Å²) in [5.74, 6) is 4.65. The molecule has 5 aromatic rings. The third-order valence-corrected chi connectivity index (χ3v) is 11.4. The van der Waals surface area contributed by atoms with Gasteiger partial charge in [-0.05, 0) is 81.7 Å². The number of ether oxygens (including phenoxy) is 4. The number of aromatic nitrogens is 6. The number of nitrogen functional groups attached to an aromatic ring is 2. The van der Waals surface area contributed by atoms with E-state index in [1.807, 2.05) is 18.2 Å². The first-order valence-corrected chi connectivity index (χ1v) is 19.5. The molecule has 9 heterocycles. The molecule has 4 saturated heterocycles. The number of hydrogen-bond donors (Lipinski definition) is 3. The summed E-state index contributed by atoms with van der Waals surface area (Å²) < 4.78 is 23.7. The fourth-order valence-electron chi connectivity index (χ4n) is 8.78. The van der Waals surface area contributed by atoms with Crippen LogP contribution in [0.3, 0.4) is 0 Å². The second-order valence-corrected chi connectivity index (χ2v) is 15.3. The molecule has 290 valence electrons. The smallest absolute Gasteiger partial charge is 0.292 e. The number of aromatic amines is 1. The molecule has 0 saturated carbocycles. The van der Waals surface area contributed by atoms with Gasteiger partial charge in [0, 0.05) is 43.4 Å². The lowest BCUT2D eigenvalue weighted by molar-refractivity contribution is -0.383. The molecule has 2 aromatic carbocycles. The normalized spacial score (nSPS) is 23.4. The highest BCUT2D eigenvalue weighted by Gasteiger charge is 2.38. The first kappa shape index (κ1) is 34.7. The fraction of sp³-hybridized carbons (Fsp3) is 0.462. The van der Waals surface area contributed by atoms with Crippen LogP contribution < -0.4 is 30.7 Å². The maximum atomic E-state index is 11.3. The molecule has 0 spiro atoms. The molecular formula is C39H43N11O6. The van der Waals surface area contributed by atoms with E-state index in [1.165, 1.54) is 12.1 Å². The van der Waals surface area contributed by atoms with Crippen molar-refractivity contribution in [2.75, 3.05) is 60.7 Å². The number of anilines is 4. The van der Waals surface area contributed by atoms with E-state index in [-0.39, 0.29) is 23.6 Å². The average molecular weight is 762 g/mol. The zero-order chi connectivity index (χ0) is 37.9.